The van der Waals surface area contributed by atoms with Crippen LogP contribution in [0.5, 0.6) is 0 Å². The number of rotatable bonds is 9. The van der Waals surface area contributed by atoms with Gasteiger partial charge >= 0.3 is 0 Å². The summed E-state index contributed by atoms with van der Waals surface area (Å²) in [5, 5.41) is 7.08. The number of hydrogen-bond acceptors (Lipinski definition) is 5. The van der Waals surface area contributed by atoms with E-state index in [1.54, 1.807) is 11.1 Å². The monoisotopic (exact) mass is 597 g/mol. The van der Waals surface area contributed by atoms with E-state index in [2.05, 4.69) is 46.6 Å². The van der Waals surface area contributed by atoms with E-state index in [4.69, 9.17) is 0 Å². The molecule has 0 bridgehead atoms. The van der Waals surface area contributed by atoms with Crippen LogP contribution in [0.1, 0.15) is 96.4 Å². The molecular weight excluding hydrogens is 562 g/mol. The number of hydrogen-bond donors (Lipinski definition) is 1. The Bertz CT molecular complexity index is 1520. The fourth-order valence-corrected chi connectivity index (χ4v) is 7.24. The molecule has 1 saturated heterocycles. The molecule has 11 heteroatoms. The number of aromatic nitrogens is 3. The minimum absolute atomic E-state index is 0.0703. The van der Waals surface area contributed by atoms with E-state index in [0.29, 0.717) is 42.4 Å². The summed E-state index contributed by atoms with van der Waals surface area (Å²) >= 11 is 0. The maximum absolute atomic E-state index is 13.3. The van der Waals surface area contributed by atoms with Crippen molar-refractivity contribution in [2.75, 3.05) is 19.6 Å². The fourth-order valence-electron chi connectivity index (χ4n) is 7.24. The van der Waals surface area contributed by atoms with Gasteiger partial charge in [-0.15, -0.1) is 0 Å². The normalized spacial score (nSPS) is 23.7. The van der Waals surface area contributed by atoms with Crippen LogP contribution in [0.15, 0.2) is 48.7 Å². The number of benzene rings is 1. The molecule has 1 spiro atoms. The van der Waals surface area contributed by atoms with E-state index in [1.807, 2.05) is 12.1 Å². The molecule has 3 aromatic rings. The number of carbonyl (C=O) groups excluding carboxylic acids is 2. The summed E-state index contributed by atoms with van der Waals surface area (Å²) in [4.78, 5) is 31.9. The highest BCUT2D eigenvalue weighted by Gasteiger charge is 2.65. The molecule has 3 heterocycles. The molecule has 1 aromatic carbocycles. The minimum atomic E-state index is -3.02. The van der Waals surface area contributed by atoms with Crippen LogP contribution < -0.4 is 5.32 Å². The van der Waals surface area contributed by atoms with Crippen molar-refractivity contribution in [3.63, 3.8) is 0 Å². The fraction of sp³-hybridized carbons (Fsp3) is 0.500. The second-order valence-electron chi connectivity index (χ2n) is 12.3. The number of Topliss-reactive ketones (excluding diaryl/α,β-unsaturated/α-hetero) is 1. The molecule has 228 valence electrons. The third-order valence-electron chi connectivity index (χ3n) is 9.76. The van der Waals surface area contributed by atoms with E-state index in [9.17, 15) is 27.2 Å². The van der Waals surface area contributed by atoms with Crippen LogP contribution in [0, 0.1) is 0 Å². The molecule has 2 aliphatic carbocycles. The van der Waals surface area contributed by atoms with E-state index in [1.165, 1.54) is 11.1 Å². The SMILES string of the molecule is CC1(NCC(=O)c2cc(C3CCN(C(=O)Cn4nc(C(F)F)cc4C(F)F)CC3)ccn2)C[C@@]12CCCc1ccccc12. The zero-order valence-electron chi connectivity index (χ0n) is 24.0. The van der Waals surface area contributed by atoms with Crippen LogP contribution in [0.2, 0.25) is 0 Å². The molecule has 2 fully saturated rings. The van der Waals surface area contributed by atoms with Gasteiger partial charge in [0.25, 0.3) is 12.9 Å². The highest BCUT2D eigenvalue weighted by molar-refractivity contribution is 5.96. The van der Waals surface area contributed by atoms with Gasteiger partial charge in [-0.05, 0) is 86.3 Å². The number of alkyl halides is 4. The van der Waals surface area contributed by atoms with Crippen molar-refractivity contribution in [2.45, 2.75) is 81.7 Å². The van der Waals surface area contributed by atoms with Crippen LogP contribution in [0.25, 0.3) is 0 Å². The van der Waals surface area contributed by atoms with E-state index in [-0.39, 0.29) is 29.2 Å². The number of likely N-dealkylation sites (tertiary alicyclic amines) is 1. The van der Waals surface area contributed by atoms with Crippen molar-refractivity contribution in [3.8, 4) is 0 Å². The molecule has 6 rings (SSSR count). The molecule has 2 aromatic heterocycles. The molecule has 2 atom stereocenters. The first-order valence-corrected chi connectivity index (χ1v) is 14.8. The number of ketones is 1. The highest BCUT2D eigenvalue weighted by Crippen LogP contribution is 2.62. The number of piperidine rings is 1. The Hall–Kier alpha value is -3.60. The van der Waals surface area contributed by atoms with Gasteiger partial charge in [0.2, 0.25) is 5.91 Å². The van der Waals surface area contributed by atoms with Crippen LogP contribution in [0.3, 0.4) is 0 Å². The first kappa shape index (κ1) is 29.5. The Morgan fingerprint density at radius 3 is 2.58 bits per heavy atom. The first-order chi connectivity index (χ1) is 20.6. The predicted molar refractivity (Wildman–Crippen MR) is 151 cm³/mol. The molecule has 1 unspecified atom stereocenters. The van der Waals surface area contributed by atoms with Gasteiger partial charge in [0.15, 0.2) is 5.78 Å². The summed E-state index contributed by atoms with van der Waals surface area (Å²) < 4.78 is 53.2. The lowest BCUT2D eigenvalue weighted by atomic mass is 9.77. The molecule has 0 radical (unpaired) electrons. The van der Waals surface area contributed by atoms with Gasteiger partial charge in [-0.1, -0.05) is 24.3 Å². The van der Waals surface area contributed by atoms with Gasteiger partial charge < -0.3 is 10.2 Å². The largest absolute Gasteiger partial charge is 0.341 e. The smallest absolute Gasteiger partial charge is 0.282 e. The third kappa shape index (κ3) is 5.59. The lowest BCUT2D eigenvalue weighted by Crippen LogP contribution is -2.41. The van der Waals surface area contributed by atoms with Crippen LogP contribution in [-0.4, -0.2) is 56.5 Å². The predicted octanol–water partition coefficient (Wildman–Crippen LogP) is 5.77. The van der Waals surface area contributed by atoms with Crippen molar-refractivity contribution >= 4 is 11.7 Å². The highest BCUT2D eigenvalue weighted by atomic mass is 19.3. The van der Waals surface area contributed by atoms with Crippen molar-refractivity contribution in [1.29, 1.82) is 0 Å². The number of pyridine rings is 1. The molecule has 1 N–H and O–H groups in total. The van der Waals surface area contributed by atoms with Crippen molar-refractivity contribution in [3.05, 3.63) is 82.4 Å². The average molecular weight is 598 g/mol. The van der Waals surface area contributed by atoms with E-state index < -0.39 is 36.7 Å². The molecule has 43 heavy (non-hydrogen) atoms. The number of halogens is 4. The van der Waals surface area contributed by atoms with Gasteiger partial charge in [0.1, 0.15) is 23.6 Å². The third-order valence-corrected chi connectivity index (χ3v) is 9.76. The van der Waals surface area contributed by atoms with Crippen LogP contribution in [-0.2, 0) is 23.2 Å². The Labute approximate surface area is 247 Å². The second-order valence-corrected chi connectivity index (χ2v) is 12.3. The zero-order valence-corrected chi connectivity index (χ0v) is 24.0. The number of nitrogens with one attached hydrogen (secondary N) is 1. The Balaban J connectivity index is 1.04. The molecule has 1 saturated carbocycles. The van der Waals surface area contributed by atoms with Gasteiger partial charge in [0.05, 0.1) is 6.54 Å². The maximum atomic E-state index is 13.3. The molecule has 1 amide bonds. The molecular formula is C32H35F4N5O2. The van der Waals surface area contributed by atoms with E-state index >= 15 is 0 Å². The van der Waals surface area contributed by atoms with Gasteiger partial charge in [-0.2, -0.15) is 5.10 Å². The molecule has 1 aliphatic heterocycles. The number of fused-ring (bicyclic) bond motifs is 2. The maximum Gasteiger partial charge on any atom is 0.282 e. The summed E-state index contributed by atoms with van der Waals surface area (Å²) in [6.45, 7) is 2.64. The lowest BCUT2D eigenvalue weighted by Gasteiger charge is -2.32. The zero-order chi connectivity index (χ0) is 30.4. The van der Waals surface area contributed by atoms with Crippen molar-refractivity contribution in [2.24, 2.45) is 0 Å². The standard InChI is InChI=1S/C32H35F4N5O2/c1-31(19-32(31)11-4-6-21-5-2-3-7-23(21)32)38-17-27(42)24-15-22(8-12-37-24)20-9-13-40(14-10-20)28(43)18-41-26(30(35)36)16-25(39-41)29(33)34/h2-3,5,7-8,12,15-16,20,29-30,38H,4,6,9-11,13-14,17-19H2,1H3/t31?,32-/m1/s1. The average Bonchev–Trinajstić information content (AvgIpc) is 3.35. The number of amides is 1. The summed E-state index contributed by atoms with van der Waals surface area (Å²) in [5.41, 5.74) is 2.66. The summed E-state index contributed by atoms with van der Waals surface area (Å²) in [5.74, 6) is -0.423. The van der Waals surface area contributed by atoms with Crippen molar-refractivity contribution in [1.82, 2.24) is 25.0 Å². The second kappa shape index (κ2) is 11.5. The van der Waals surface area contributed by atoms with Gasteiger partial charge in [0, 0.05) is 30.2 Å². The Kier molecular flexibility index (Phi) is 7.87. The van der Waals surface area contributed by atoms with Crippen molar-refractivity contribution < 1.29 is 27.2 Å². The summed E-state index contributed by atoms with van der Waals surface area (Å²) in [6.07, 6.45) is 1.22. The van der Waals surface area contributed by atoms with Crippen LogP contribution in [0.4, 0.5) is 17.6 Å². The summed E-state index contributed by atoms with van der Waals surface area (Å²) in [7, 11) is 0. The topological polar surface area (TPSA) is 80.1 Å². The van der Waals surface area contributed by atoms with Crippen LogP contribution >= 0.6 is 0 Å². The molecule has 7 nitrogen and oxygen atoms in total. The first-order valence-electron chi connectivity index (χ1n) is 14.8. The molecule has 3 aliphatic rings. The summed E-state index contributed by atoms with van der Waals surface area (Å²) in [6, 6.07) is 13.0. The van der Waals surface area contributed by atoms with Gasteiger partial charge in [-0.3, -0.25) is 19.3 Å². The van der Waals surface area contributed by atoms with Gasteiger partial charge in [-0.25, -0.2) is 17.6 Å². The Morgan fingerprint density at radius 1 is 1.07 bits per heavy atom. The lowest BCUT2D eigenvalue weighted by molar-refractivity contribution is -0.133. The number of carbonyl (C=O) groups is 2. The number of aryl methyl sites for hydroxylation is 1. The number of nitrogens with zero attached hydrogens (tertiary/aromatic N) is 4. The quantitative estimate of drug-likeness (QED) is 0.250. The van der Waals surface area contributed by atoms with E-state index in [0.717, 1.165) is 31.2 Å². The Morgan fingerprint density at radius 2 is 1.84 bits per heavy atom. The minimum Gasteiger partial charge on any atom is -0.341 e.